The molecule has 0 atom stereocenters. The number of rotatable bonds is 5. The molecule has 166 valence electrons. The Hall–Kier alpha value is -2.44. The number of carbonyl (C=O) groups is 1. The summed E-state index contributed by atoms with van der Waals surface area (Å²) < 4.78 is 10.9. The normalized spacial score (nSPS) is 18.5. The number of urea groups is 1. The summed E-state index contributed by atoms with van der Waals surface area (Å²) in [4.78, 5) is 17.1. The van der Waals surface area contributed by atoms with Crippen molar-refractivity contribution in [1.82, 2.24) is 10.2 Å². The maximum atomic E-state index is 12.9. The van der Waals surface area contributed by atoms with E-state index < -0.39 is 0 Å². The molecule has 2 saturated heterocycles. The minimum absolute atomic E-state index is 0.00168. The van der Waals surface area contributed by atoms with Gasteiger partial charge in [-0.05, 0) is 42.7 Å². The molecule has 2 aromatic carbocycles. The Morgan fingerprint density at radius 2 is 1.84 bits per heavy atom. The number of hydrogen-bond acceptors (Lipinski definition) is 4. The molecule has 31 heavy (non-hydrogen) atoms. The minimum atomic E-state index is -0.138. The largest absolute Gasteiger partial charge is 0.497 e. The second-order valence-corrected chi connectivity index (χ2v) is 8.67. The van der Waals surface area contributed by atoms with E-state index in [1.165, 1.54) is 5.56 Å². The molecule has 1 N–H and O–H groups in total. The van der Waals surface area contributed by atoms with Crippen LogP contribution in [0.1, 0.15) is 18.4 Å². The number of carbonyl (C=O) groups excluding carboxylic acids is 1. The van der Waals surface area contributed by atoms with Gasteiger partial charge in [0.25, 0.3) is 0 Å². The van der Waals surface area contributed by atoms with Gasteiger partial charge in [0.1, 0.15) is 5.75 Å². The van der Waals surface area contributed by atoms with Crippen molar-refractivity contribution in [3.05, 3.63) is 59.1 Å². The molecule has 0 unspecified atom stereocenters. The third kappa shape index (κ3) is 5.08. The number of methoxy groups -OCH3 is 1. The summed E-state index contributed by atoms with van der Waals surface area (Å²) in [7, 11) is 1.68. The topological polar surface area (TPSA) is 54.0 Å². The van der Waals surface area contributed by atoms with Crippen LogP contribution in [0.2, 0.25) is 5.02 Å². The van der Waals surface area contributed by atoms with Crippen molar-refractivity contribution in [2.75, 3.05) is 57.9 Å². The van der Waals surface area contributed by atoms with Gasteiger partial charge < -0.3 is 24.6 Å². The lowest BCUT2D eigenvalue weighted by Crippen LogP contribution is -2.54. The van der Waals surface area contributed by atoms with Crippen LogP contribution in [0, 0.1) is 0 Å². The second kappa shape index (κ2) is 9.79. The van der Waals surface area contributed by atoms with E-state index in [0.717, 1.165) is 42.4 Å². The van der Waals surface area contributed by atoms with E-state index in [2.05, 4.69) is 22.3 Å². The standard InChI is InChI=1S/C24H30ClN3O3/c1-30-22-7-3-6-21(17-22)27-10-12-28(13-11-27)23(29)26-18-24(8-14-31-15-9-24)19-4-2-5-20(25)16-19/h2-7,16-17H,8-15,18H2,1H3,(H,26,29). The van der Waals surface area contributed by atoms with Crippen molar-refractivity contribution >= 4 is 23.3 Å². The predicted octanol–water partition coefficient (Wildman–Crippen LogP) is 3.93. The third-order valence-corrected chi connectivity index (χ3v) is 6.69. The first-order valence-corrected chi connectivity index (χ1v) is 11.2. The van der Waals surface area contributed by atoms with Crippen molar-refractivity contribution < 1.29 is 14.3 Å². The van der Waals surface area contributed by atoms with Gasteiger partial charge in [0.15, 0.2) is 0 Å². The van der Waals surface area contributed by atoms with Crippen LogP contribution in [0.4, 0.5) is 10.5 Å². The highest BCUT2D eigenvalue weighted by molar-refractivity contribution is 6.30. The maximum Gasteiger partial charge on any atom is 0.317 e. The lowest BCUT2D eigenvalue weighted by atomic mass is 9.74. The first-order valence-electron chi connectivity index (χ1n) is 10.9. The highest BCUT2D eigenvalue weighted by atomic mass is 35.5. The summed E-state index contributed by atoms with van der Waals surface area (Å²) in [5.41, 5.74) is 2.16. The summed E-state index contributed by atoms with van der Waals surface area (Å²) in [6, 6.07) is 16.1. The molecule has 2 fully saturated rings. The zero-order chi connectivity index (χ0) is 21.7. The van der Waals surface area contributed by atoms with Crippen molar-refractivity contribution in [3.63, 3.8) is 0 Å². The highest BCUT2D eigenvalue weighted by Gasteiger charge is 2.35. The molecule has 0 radical (unpaired) electrons. The van der Waals surface area contributed by atoms with E-state index in [4.69, 9.17) is 21.1 Å². The molecular formula is C24H30ClN3O3. The zero-order valence-electron chi connectivity index (χ0n) is 18.0. The monoisotopic (exact) mass is 443 g/mol. The Morgan fingerprint density at radius 3 is 2.55 bits per heavy atom. The highest BCUT2D eigenvalue weighted by Crippen LogP contribution is 2.35. The summed E-state index contributed by atoms with van der Waals surface area (Å²) in [6.07, 6.45) is 1.74. The minimum Gasteiger partial charge on any atom is -0.497 e. The lowest BCUT2D eigenvalue weighted by molar-refractivity contribution is 0.0501. The number of ether oxygens (including phenoxy) is 2. The number of anilines is 1. The molecule has 2 aromatic rings. The molecular weight excluding hydrogens is 414 g/mol. The molecule has 0 saturated carbocycles. The van der Waals surface area contributed by atoms with Crippen LogP contribution in [0.3, 0.4) is 0 Å². The van der Waals surface area contributed by atoms with E-state index >= 15 is 0 Å². The van der Waals surface area contributed by atoms with E-state index in [0.29, 0.717) is 32.8 Å². The Balaban J connectivity index is 1.36. The van der Waals surface area contributed by atoms with Gasteiger partial charge in [-0.3, -0.25) is 0 Å². The fourth-order valence-electron chi connectivity index (χ4n) is 4.48. The summed E-state index contributed by atoms with van der Waals surface area (Å²) in [5.74, 6) is 0.848. The molecule has 2 heterocycles. The van der Waals surface area contributed by atoms with Crippen LogP contribution in [0.5, 0.6) is 5.75 Å². The number of nitrogens with zero attached hydrogens (tertiary/aromatic N) is 2. The van der Waals surface area contributed by atoms with Crippen molar-refractivity contribution in [1.29, 1.82) is 0 Å². The smallest absolute Gasteiger partial charge is 0.317 e. The molecule has 6 nitrogen and oxygen atoms in total. The Kier molecular flexibility index (Phi) is 6.88. The van der Waals surface area contributed by atoms with E-state index in [1.54, 1.807) is 7.11 Å². The molecule has 2 aliphatic heterocycles. The number of benzene rings is 2. The van der Waals surface area contributed by atoms with Crippen LogP contribution in [0.25, 0.3) is 0 Å². The molecule has 0 aromatic heterocycles. The average Bonchev–Trinajstić information content (AvgIpc) is 2.83. The zero-order valence-corrected chi connectivity index (χ0v) is 18.7. The van der Waals surface area contributed by atoms with Gasteiger partial charge >= 0.3 is 6.03 Å². The molecule has 4 rings (SSSR count). The SMILES string of the molecule is COc1cccc(N2CCN(C(=O)NCC3(c4cccc(Cl)c4)CCOCC3)CC2)c1. The van der Waals surface area contributed by atoms with Gasteiger partial charge in [0, 0.05) is 68.1 Å². The van der Waals surface area contributed by atoms with Crippen molar-refractivity contribution in [2.45, 2.75) is 18.3 Å². The summed E-state index contributed by atoms with van der Waals surface area (Å²) >= 11 is 6.25. The second-order valence-electron chi connectivity index (χ2n) is 8.24. The molecule has 0 spiro atoms. The summed E-state index contributed by atoms with van der Waals surface area (Å²) in [6.45, 7) is 4.96. The van der Waals surface area contributed by atoms with Crippen LogP contribution in [0.15, 0.2) is 48.5 Å². The maximum absolute atomic E-state index is 12.9. The third-order valence-electron chi connectivity index (χ3n) is 6.45. The molecule has 2 amide bonds. The van der Waals surface area contributed by atoms with Crippen molar-refractivity contribution in [3.8, 4) is 5.75 Å². The van der Waals surface area contributed by atoms with E-state index in [1.807, 2.05) is 41.3 Å². The number of amides is 2. The molecule has 2 aliphatic rings. The van der Waals surface area contributed by atoms with Crippen LogP contribution in [-0.4, -0.2) is 64.0 Å². The number of hydrogen-bond donors (Lipinski definition) is 1. The summed E-state index contributed by atoms with van der Waals surface area (Å²) in [5, 5.41) is 3.93. The number of piperazine rings is 1. The number of nitrogens with one attached hydrogen (secondary N) is 1. The number of halogens is 1. The van der Waals surface area contributed by atoms with Crippen LogP contribution < -0.4 is 15.0 Å². The van der Waals surface area contributed by atoms with Crippen LogP contribution >= 0.6 is 11.6 Å². The van der Waals surface area contributed by atoms with Gasteiger partial charge in [-0.25, -0.2) is 4.79 Å². The molecule has 0 aliphatic carbocycles. The van der Waals surface area contributed by atoms with Crippen molar-refractivity contribution in [2.24, 2.45) is 0 Å². The van der Waals surface area contributed by atoms with Gasteiger partial charge in [-0.1, -0.05) is 29.8 Å². The Labute approximate surface area is 189 Å². The fourth-order valence-corrected chi connectivity index (χ4v) is 4.67. The first kappa shape index (κ1) is 21.8. The van der Waals surface area contributed by atoms with Gasteiger partial charge in [-0.2, -0.15) is 0 Å². The predicted molar refractivity (Wildman–Crippen MR) is 123 cm³/mol. The van der Waals surface area contributed by atoms with E-state index in [-0.39, 0.29) is 11.4 Å². The average molecular weight is 444 g/mol. The molecule has 0 bridgehead atoms. The quantitative estimate of drug-likeness (QED) is 0.760. The first-order chi connectivity index (χ1) is 15.1. The Bertz CT molecular complexity index is 893. The fraction of sp³-hybridized carbons (Fsp3) is 0.458. The Morgan fingerprint density at radius 1 is 1.10 bits per heavy atom. The van der Waals surface area contributed by atoms with E-state index in [9.17, 15) is 4.79 Å². The molecule has 7 heteroatoms. The van der Waals surface area contributed by atoms with Gasteiger partial charge in [-0.15, -0.1) is 0 Å². The lowest BCUT2D eigenvalue weighted by Gasteiger charge is -2.40. The van der Waals surface area contributed by atoms with Crippen LogP contribution in [-0.2, 0) is 10.2 Å². The van der Waals surface area contributed by atoms with Gasteiger partial charge in [0.2, 0.25) is 0 Å². The van der Waals surface area contributed by atoms with Gasteiger partial charge in [0.05, 0.1) is 7.11 Å².